The van der Waals surface area contributed by atoms with Crippen molar-refractivity contribution in [2.45, 2.75) is 84.0 Å². The molecule has 0 atom stereocenters. The largest absolute Gasteiger partial charge is 0.320 e. The van der Waals surface area contributed by atoms with Gasteiger partial charge in [0.25, 0.3) is 0 Å². The van der Waals surface area contributed by atoms with Crippen molar-refractivity contribution in [3.8, 4) is 0 Å². The molecule has 0 fully saturated rings. The molecule has 116 valence electrons. The van der Waals surface area contributed by atoms with Crippen LogP contribution in [0.2, 0.25) is 0 Å². The van der Waals surface area contributed by atoms with E-state index in [2.05, 4.69) is 24.0 Å². The van der Waals surface area contributed by atoms with Crippen LogP contribution in [0.1, 0.15) is 84.0 Å². The lowest BCUT2D eigenvalue weighted by Gasteiger charge is -2.03. The minimum atomic E-state index is 1.19. The summed E-state index contributed by atoms with van der Waals surface area (Å²) in [6.07, 6.45) is 17.1. The van der Waals surface area contributed by atoms with Crippen molar-refractivity contribution in [3.63, 3.8) is 0 Å². The maximum atomic E-state index is 3.21. The van der Waals surface area contributed by atoms with E-state index in [0.717, 1.165) is 0 Å². The second-order valence-corrected chi connectivity index (χ2v) is 6.83. The van der Waals surface area contributed by atoms with Crippen molar-refractivity contribution >= 4 is 11.8 Å². The van der Waals surface area contributed by atoms with E-state index in [0.29, 0.717) is 0 Å². The number of thioether (sulfide) groups is 1. The van der Waals surface area contributed by atoms with Gasteiger partial charge in [-0.3, -0.25) is 0 Å². The zero-order valence-corrected chi connectivity index (χ0v) is 14.3. The highest BCUT2D eigenvalue weighted by Crippen LogP contribution is 2.13. The summed E-state index contributed by atoms with van der Waals surface area (Å²) in [7, 11) is 2.04. The number of hydrogen-bond donors (Lipinski definition) is 1. The van der Waals surface area contributed by atoms with Crippen LogP contribution in [0, 0.1) is 0 Å². The van der Waals surface area contributed by atoms with Gasteiger partial charge in [-0.15, -0.1) is 0 Å². The molecule has 0 radical (unpaired) electrons. The van der Waals surface area contributed by atoms with E-state index in [1.807, 2.05) is 7.05 Å². The molecule has 0 bridgehead atoms. The van der Waals surface area contributed by atoms with Crippen LogP contribution in [0.4, 0.5) is 0 Å². The molecule has 0 spiro atoms. The van der Waals surface area contributed by atoms with Crippen molar-refractivity contribution in [1.82, 2.24) is 5.32 Å². The maximum Gasteiger partial charge on any atom is -0.00519 e. The molecule has 0 aliphatic rings. The highest BCUT2D eigenvalue weighted by atomic mass is 32.2. The van der Waals surface area contributed by atoms with Crippen LogP contribution in [-0.4, -0.2) is 25.1 Å². The summed E-state index contributed by atoms with van der Waals surface area (Å²) in [4.78, 5) is 0. The quantitative estimate of drug-likeness (QED) is 0.369. The molecule has 0 unspecified atom stereocenters. The number of nitrogens with one attached hydrogen (secondary N) is 1. The molecular formula is C17H37NS. The highest BCUT2D eigenvalue weighted by Gasteiger charge is 1.94. The van der Waals surface area contributed by atoms with Gasteiger partial charge in [-0.25, -0.2) is 0 Å². The van der Waals surface area contributed by atoms with Crippen LogP contribution in [-0.2, 0) is 0 Å². The Labute approximate surface area is 126 Å². The smallest absolute Gasteiger partial charge is 0.00519 e. The van der Waals surface area contributed by atoms with Crippen LogP contribution in [0.15, 0.2) is 0 Å². The molecule has 1 N–H and O–H groups in total. The SMILES string of the molecule is CCCCCCCCSCCCCCCCCNC. The maximum absolute atomic E-state index is 3.21. The lowest BCUT2D eigenvalue weighted by Crippen LogP contribution is -2.06. The number of rotatable bonds is 16. The fraction of sp³-hybridized carbons (Fsp3) is 1.00. The van der Waals surface area contributed by atoms with E-state index in [4.69, 9.17) is 0 Å². The summed E-state index contributed by atoms with van der Waals surface area (Å²) in [5.41, 5.74) is 0. The molecule has 2 heteroatoms. The first-order valence-electron chi connectivity index (χ1n) is 8.64. The lowest BCUT2D eigenvalue weighted by molar-refractivity contribution is 0.593. The lowest BCUT2D eigenvalue weighted by atomic mass is 10.1. The van der Waals surface area contributed by atoms with Gasteiger partial charge < -0.3 is 5.32 Å². The van der Waals surface area contributed by atoms with Gasteiger partial charge in [0.1, 0.15) is 0 Å². The average Bonchev–Trinajstić information content (AvgIpc) is 2.43. The van der Waals surface area contributed by atoms with E-state index < -0.39 is 0 Å². The molecular weight excluding hydrogens is 250 g/mol. The van der Waals surface area contributed by atoms with E-state index in [1.165, 1.54) is 95.1 Å². The third kappa shape index (κ3) is 18.3. The van der Waals surface area contributed by atoms with Crippen molar-refractivity contribution in [2.24, 2.45) is 0 Å². The van der Waals surface area contributed by atoms with Crippen molar-refractivity contribution in [3.05, 3.63) is 0 Å². The van der Waals surface area contributed by atoms with Crippen LogP contribution in [0.5, 0.6) is 0 Å². The Bertz CT molecular complexity index is 134. The number of hydrogen-bond acceptors (Lipinski definition) is 2. The van der Waals surface area contributed by atoms with Crippen molar-refractivity contribution < 1.29 is 0 Å². The molecule has 1 nitrogen and oxygen atoms in total. The third-order valence-corrected chi connectivity index (χ3v) is 4.76. The molecule has 0 aromatic rings. The van der Waals surface area contributed by atoms with Gasteiger partial charge in [-0.2, -0.15) is 11.8 Å². The van der Waals surface area contributed by atoms with Crippen LogP contribution >= 0.6 is 11.8 Å². The summed E-state index contributed by atoms with van der Waals surface area (Å²) in [5, 5.41) is 3.21. The third-order valence-electron chi connectivity index (χ3n) is 3.61. The summed E-state index contributed by atoms with van der Waals surface area (Å²) >= 11 is 2.18. The molecule has 0 rings (SSSR count). The Morgan fingerprint density at radius 3 is 1.63 bits per heavy atom. The minimum absolute atomic E-state index is 1.19. The average molecular weight is 288 g/mol. The Morgan fingerprint density at radius 1 is 0.632 bits per heavy atom. The molecule has 19 heavy (non-hydrogen) atoms. The van der Waals surface area contributed by atoms with Gasteiger partial charge in [0, 0.05) is 0 Å². The van der Waals surface area contributed by atoms with Crippen LogP contribution in [0.25, 0.3) is 0 Å². The summed E-state index contributed by atoms with van der Waals surface area (Å²) < 4.78 is 0. The van der Waals surface area contributed by atoms with E-state index >= 15 is 0 Å². The fourth-order valence-electron chi connectivity index (χ4n) is 2.30. The zero-order chi connectivity index (χ0) is 14.0. The first-order chi connectivity index (χ1) is 9.41. The summed E-state index contributed by atoms with van der Waals surface area (Å²) in [6.45, 7) is 3.48. The van der Waals surface area contributed by atoms with Gasteiger partial charge in [0.15, 0.2) is 0 Å². The predicted octanol–water partition coefficient (Wildman–Crippen LogP) is 5.64. The molecule has 0 heterocycles. The summed E-state index contributed by atoms with van der Waals surface area (Å²) in [6, 6.07) is 0. The van der Waals surface area contributed by atoms with E-state index in [9.17, 15) is 0 Å². The first-order valence-corrected chi connectivity index (χ1v) is 9.79. The van der Waals surface area contributed by atoms with Gasteiger partial charge in [0.05, 0.1) is 0 Å². The van der Waals surface area contributed by atoms with Gasteiger partial charge >= 0.3 is 0 Å². The normalized spacial score (nSPS) is 11.1. The van der Waals surface area contributed by atoms with E-state index in [1.54, 1.807) is 0 Å². The highest BCUT2D eigenvalue weighted by molar-refractivity contribution is 7.99. The van der Waals surface area contributed by atoms with Crippen molar-refractivity contribution in [1.29, 1.82) is 0 Å². The standard InChI is InChI=1S/C17H37NS/c1-3-4-5-6-10-13-16-19-17-14-11-8-7-9-12-15-18-2/h18H,3-17H2,1-2H3. The molecule has 0 saturated heterocycles. The monoisotopic (exact) mass is 287 g/mol. The molecule has 0 aliphatic heterocycles. The molecule has 0 aromatic carbocycles. The fourth-order valence-corrected chi connectivity index (χ4v) is 3.32. The van der Waals surface area contributed by atoms with E-state index in [-0.39, 0.29) is 0 Å². The van der Waals surface area contributed by atoms with Crippen LogP contribution in [0.3, 0.4) is 0 Å². The molecule has 0 saturated carbocycles. The topological polar surface area (TPSA) is 12.0 Å². The zero-order valence-electron chi connectivity index (χ0n) is 13.5. The van der Waals surface area contributed by atoms with Crippen LogP contribution < -0.4 is 5.32 Å². The first kappa shape index (κ1) is 19.3. The Hall–Kier alpha value is 0.310. The minimum Gasteiger partial charge on any atom is -0.320 e. The second-order valence-electron chi connectivity index (χ2n) is 5.61. The molecule has 0 aromatic heterocycles. The Kier molecular flexibility index (Phi) is 18.6. The number of unbranched alkanes of at least 4 members (excludes halogenated alkanes) is 10. The summed E-state index contributed by atoms with van der Waals surface area (Å²) in [5.74, 6) is 2.79. The molecule has 0 amide bonds. The van der Waals surface area contributed by atoms with Crippen molar-refractivity contribution in [2.75, 3.05) is 25.1 Å². The predicted molar refractivity (Wildman–Crippen MR) is 92.3 cm³/mol. The van der Waals surface area contributed by atoms with Gasteiger partial charge in [-0.1, -0.05) is 64.7 Å². The van der Waals surface area contributed by atoms with Gasteiger partial charge in [-0.05, 0) is 44.4 Å². The molecule has 0 aliphatic carbocycles. The Morgan fingerprint density at radius 2 is 1.11 bits per heavy atom. The second kappa shape index (κ2) is 18.3. The Balaban J connectivity index is 2.88. The van der Waals surface area contributed by atoms with Gasteiger partial charge in [0.2, 0.25) is 0 Å².